The summed E-state index contributed by atoms with van der Waals surface area (Å²) in [6.45, 7) is 7.59. The Labute approximate surface area is 182 Å². The van der Waals surface area contributed by atoms with Gasteiger partial charge in [-0.25, -0.2) is 9.78 Å². The number of carbonyl (C=O) groups excluding carboxylic acids is 2. The molecule has 0 radical (unpaired) electrons. The summed E-state index contributed by atoms with van der Waals surface area (Å²) < 4.78 is 10.3. The van der Waals surface area contributed by atoms with Gasteiger partial charge in [0.05, 0.1) is 12.6 Å². The molecular weight excluding hydrogens is 396 g/mol. The first-order valence-corrected chi connectivity index (χ1v) is 10.5. The zero-order valence-electron chi connectivity index (χ0n) is 18.2. The summed E-state index contributed by atoms with van der Waals surface area (Å²) in [5.41, 5.74) is 3.61. The molecule has 2 amide bonds. The number of benzene rings is 1. The van der Waals surface area contributed by atoms with Crippen molar-refractivity contribution in [2.75, 3.05) is 56.3 Å². The number of piperazine rings is 1. The Morgan fingerprint density at radius 2 is 1.87 bits per heavy atom. The molecule has 1 atom stereocenters. The third kappa shape index (κ3) is 4.34. The molecule has 0 unspecified atom stereocenters. The molecule has 8 nitrogen and oxygen atoms in total. The Hall–Kier alpha value is -3.13. The highest BCUT2D eigenvalue weighted by Crippen LogP contribution is 2.25. The summed E-state index contributed by atoms with van der Waals surface area (Å²) >= 11 is 0. The fourth-order valence-corrected chi connectivity index (χ4v) is 4.20. The summed E-state index contributed by atoms with van der Waals surface area (Å²) in [6.07, 6.45) is 1.49. The van der Waals surface area contributed by atoms with Gasteiger partial charge in [0.1, 0.15) is 12.4 Å². The van der Waals surface area contributed by atoms with Crippen molar-refractivity contribution >= 4 is 23.5 Å². The smallest absolute Gasteiger partial charge is 0.414 e. The SMILES string of the molecule is COC[C@@H]1COC(=O)N1c1ccc(C(=O)N2CCN(c3ncc(C)cc3C)CC2)cc1. The van der Waals surface area contributed by atoms with Crippen LogP contribution in [0, 0.1) is 13.8 Å². The van der Waals surface area contributed by atoms with Crippen LogP contribution in [0.4, 0.5) is 16.3 Å². The van der Waals surface area contributed by atoms with Crippen LogP contribution in [0.2, 0.25) is 0 Å². The number of carbonyl (C=O) groups is 2. The van der Waals surface area contributed by atoms with Crippen LogP contribution in [0.1, 0.15) is 21.5 Å². The van der Waals surface area contributed by atoms with Crippen LogP contribution in [0.25, 0.3) is 0 Å². The largest absolute Gasteiger partial charge is 0.447 e. The fourth-order valence-electron chi connectivity index (χ4n) is 4.20. The van der Waals surface area contributed by atoms with Gasteiger partial charge in [-0.1, -0.05) is 6.07 Å². The average molecular weight is 425 g/mol. The minimum atomic E-state index is -0.391. The van der Waals surface area contributed by atoms with E-state index in [1.54, 1.807) is 36.3 Å². The third-order valence-corrected chi connectivity index (χ3v) is 5.77. The molecule has 2 aliphatic heterocycles. The molecule has 31 heavy (non-hydrogen) atoms. The van der Waals surface area contributed by atoms with Crippen LogP contribution in [-0.2, 0) is 9.47 Å². The average Bonchev–Trinajstić information content (AvgIpc) is 3.14. The van der Waals surface area contributed by atoms with E-state index in [1.807, 2.05) is 18.0 Å². The molecule has 164 valence electrons. The highest BCUT2D eigenvalue weighted by atomic mass is 16.6. The van der Waals surface area contributed by atoms with Crippen LogP contribution >= 0.6 is 0 Å². The number of aryl methyl sites for hydroxylation is 2. The first kappa shape index (κ1) is 21.1. The number of pyridine rings is 1. The number of cyclic esters (lactones) is 1. The number of hydrogen-bond acceptors (Lipinski definition) is 6. The molecular formula is C23H28N4O4. The molecule has 8 heteroatoms. The van der Waals surface area contributed by atoms with E-state index in [-0.39, 0.29) is 11.9 Å². The van der Waals surface area contributed by atoms with Gasteiger partial charge in [0.25, 0.3) is 5.91 Å². The second-order valence-corrected chi connectivity index (χ2v) is 8.04. The molecule has 0 N–H and O–H groups in total. The van der Waals surface area contributed by atoms with E-state index < -0.39 is 6.09 Å². The van der Waals surface area contributed by atoms with Gasteiger partial charge in [-0.15, -0.1) is 0 Å². The van der Waals surface area contributed by atoms with E-state index in [0.29, 0.717) is 37.6 Å². The van der Waals surface area contributed by atoms with E-state index in [1.165, 1.54) is 0 Å². The van der Waals surface area contributed by atoms with E-state index in [4.69, 9.17) is 9.47 Å². The van der Waals surface area contributed by atoms with E-state index in [2.05, 4.69) is 22.9 Å². The molecule has 2 aliphatic rings. The Morgan fingerprint density at radius 3 is 2.52 bits per heavy atom. The predicted molar refractivity (Wildman–Crippen MR) is 118 cm³/mol. The Kier molecular flexibility index (Phi) is 6.08. The first-order chi connectivity index (χ1) is 15.0. The van der Waals surface area contributed by atoms with Gasteiger partial charge < -0.3 is 19.3 Å². The second-order valence-electron chi connectivity index (χ2n) is 8.04. The van der Waals surface area contributed by atoms with Crippen molar-refractivity contribution in [3.63, 3.8) is 0 Å². The summed E-state index contributed by atoms with van der Waals surface area (Å²) in [6, 6.07) is 9.09. The van der Waals surface area contributed by atoms with Gasteiger partial charge in [-0.2, -0.15) is 0 Å². The molecule has 4 rings (SSSR count). The number of amides is 2. The molecule has 0 saturated carbocycles. The summed E-state index contributed by atoms with van der Waals surface area (Å²) in [5.74, 6) is 0.988. The number of nitrogens with zero attached hydrogens (tertiary/aromatic N) is 4. The fraction of sp³-hybridized carbons (Fsp3) is 0.435. The third-order valence-electron chi connectivity index (χ3n) is 5.77. The molecule has 2 fully saturated rings. The maximum atomic E-state index is 13.0. The number of anilines is 2. The summed E-state index contributed by atoms with van der Waals surface area (Å²) in [5, 5.41) is 0. The van der Waals surface area contributed by atoms with Gasteiger partial charge >= 0.3 is 6.09 Å². The highest BCUT2D eigenvalue weighted by molar-refractivity contribution is 5.96. The van der Waals surface area contributed by atoms with Crippen LogP contribution in [-0.4, -0.2) is 74.4 Å². The lowest BCUT2D eigenvalue weighted by Crippen LogP contribution is -2.49. The van der Waals surface area contributed by atoms with E-state index in [9.17, 15) is 9.59 Å². The highest BCUT2D eigenvalue weighted by Gasteiger charge is 2.34. The Bertz CT molecular complexity index is 955. The summed E-state index contributed by atoms with van der Waals surface area (Å²) in [4.78, 5) is 35.3. The first-order valence-electron chi connectivity index (χ1n) is 10.5. The number of rotatable bonds is 5. The Morgan fingerprint density at radius 1 is 1.16 bits per heavy atom. The monoisotopic (exact) mass is 424 g/mol. The van der Waals surface area contributed by atoms with Crippen LogP contribution in [0.15, 0.2) is 36.5 Å². The molecule has 3 heterocycles. The quantitative estimate of drug-likeness (QED) is 0.735. The Balaban J connectivity index is 1.39. The lowest BCUT2D eigenvalue weighted by Gasteiger charge is -2.36. The van der Waals surface area contributed by atoms with Gasteiger partial charge in [0, 0.05) is 50.7 Å². The summed E-state index contributed by atoms with van der Waals surface area (Å²) in [7, 11) is 1.60. The van der Waals surface area contributed by atoms with Crippen molar-refractivity contribution in [3.05, 3.63) is 53.2 Å². The van der Waals surface area contributed by atoms with Gasteiger partial charge in [-0.05, 0) is 49.2 Å². The molecule has 2 saturated heterocycles. The van der Waals surface area contributed by atoms with E-state index >= 15 is 0 Å². The maximum absolute atomic E-state index is 13.0. The van der Waals surface area contributed by atoms with Crippen molar-refractivity contribution in [1.29, 1.82) is 0 Å². The minimum Gasteiger partial charge on any atom is -0.447 e. The lowest BCUT2D eigenvalue weighted by atomic mass is 10.1. The van der Waals surface area contributed by atoms with Gasteiger partial charge in [0.15, 0.2) is 0 Å². The topological polar surface area (TPSA) is 75.2 Å². The molecule has 0 aliphatic carbocycles. The lowest BCUT2D eigenvalue weighted by molar-refractivity contribution is 0.0746. The zero-order valence-corrected chi connectivity index (χ0v) is 18.2. The molecule has 1 aromatic carbocycles. The van der Waals surface area contributed by atoms with Gasteiger partial charge in [-0.3, -0.25) is 9.69 Å². The number of ether oxygens (including phenoxy) is 2. The molecule has 2 aromatic rings. The number of aromatic nitrogens is 1. The van der Waals surface area contributed by atoms with Crippen molar-refractivity contribution in [1.82, 2.24) is 9.88 Å². The zero-order chi connectivity index (χ0) is 22.0. The standard InChI is InChI=1S/C23H28N4O4/c1-16-12-17(2)21(24-13-16)25-8-10-26(11-9-25)22(28)18-4-6-19(7-5-18)27-20(14-30-3)15-31-23(27)29/h4-7,12-13,20H,8-11,14-15H2,1-3H3/t20-/m1/s1. The van der Waals surface area contributed by atoms with Crippen LogP contribution in [0.3, 0.4) is 0 Å². The normalized spacial score (nSPS) is 19.0. The van der Waals surface area contributed by atoms with Crippen molar-refractivity contribution in [2.45, 2.75) is 19.9 Å². The maximum Gasteiger partial charge on any atom is 0.414 e. The van der Waals surface area contributed by atoms with Crippen LogP contribution in [0.5, 0.6) is 0 Å². The molecule has 0 bridgehead atoms. The minimum absolute atomic E-state index is 0.00257. The van der Waals surface area contributed by atoms with Crippen LogP contribution < -0.4 is 9.80 Å². The molecule has 1 aromatic heterocycles. The van der Waals surface area contributed by atoms with Crippen molar-refractivity contribution < 1.29 is 19.1 Å². The van der Waals surface area contributed by atoms with Crippen molar-refractivity contribution in [2.24, 2.45) is 0 Å². The van der Waals surface area contributed by atoms with E-state index in [0.717, 1.165) is 30.0 Å². The molecule has 0 spiro atoms. The number of hydrogen-bond donors (Lipinski definition) is 0. The van der Waals surface area contributed by atoms with Crippen molar-refractivity contribution in [3.8, 4) is 0 Å². The second kappa shape index (κ2) is 8.93. The van der Waals surface area contributed by atoms with Gasteiger partial charge in [0.2, 0.25) is 0 Å². The predicted octanol–water partition coefficient (Wildman–Crippen LogP) is 2.63. The number of methoxy groups -OCH3 is 1.